The molecule has 1 aliphatic carbocycles. The highest BCUT2D eigenvalue weighted by Crippen LogP contribution is 2.33. The van der Waals surface area contributed by atoms with Crippen LogP contribution in [-0.4, -0.2) is 23.1 Å². The summed E-state index contributed by atoms with van der Waals surface area (Å²) in [5.41, 5.74) is 5.89. The second-order valence-corrected chi connectivity index (χ2v) is 7.92. The minimum Gasteiger partial charge on any atom is -0.336 e. The van der Waals surface area contributed by atoms with Crippen molar-refractivity contribution in [1.29, 1.82) is 0 Å². The molecule has 4 rings (SSSR count). The van der Waals surface area contributed by atoms with Crippen molar-refractivity contribution in [1.82, 2.24) is 4.90 Å². The fraction of sp³-hybridized carbons (Fsp3) is 0.417. The maximum Gasteiger partial charge on any atom is 0.223 e. The molecule has 2 aromatic carbocycles. The largest absolute Gasteiger partial charge is 0.336 e. The van der Waals surface area contributed by atoms with Crippen molar-refractivity contribution in [2.24, 2.45) is 0 Å². The average molecular weight is 361 g/mol. The Hall–Kier alpha value is -2.42. The molecule has 1 amide bonds. The number of aryl methyl sites for hydroxylation is 3. The van der Waals surface area contributed by atoms with Gasteiger partial charge >= 0.3 is 0 Å². The van der Waals surface area contributed by atoms with E-state index in [0.29, 0.717) is 12.8 Å². The molecule has 3 heteroatoms. The zero-order valence-electron chi connectivity index (χ0n) is 16.0. The molecule has 1 saturated heterocycles. The fourth-order valence-corrected chi connectivity index (χ4v) is 4.45. The molecule has 3 nitrogen and oxygen atoms in total. The van der Waals surface area contributed by atoms with Gasteiger partial charge in [0, 0.05) is 24.9 Å². The Balaban J connectivity index is 1.38. The third-order valence-electron chi connectivity index (χ3n) is 6.02. The highest BCUT2D eigenvalue weighted by molar-refractivity contribution is 5.98. The summed E-state index contributed by atoms with van der Waals surface area (Å²) in [5, 5.41) is 0. The summed E-state index contributed by atoms with van der Waals surface area (Å²) in [7, 11) is 0. The molecule has 1 unspecified atom stereocenters. The number of rotatable bonds is 5. The van der Waals surface area contributed by atoms with Crippen molar-refractivity contribution in [3.8, 4) is 0 Å². The van der Waals surface area contributed by atoms with Crippen LogP contribution in [0.1, 0.15) is 70.8 Å². The Morgan fingerprint density at radius 1 is 0.963 bits per heavy atom. The van der Waals surface area contributed by atoms with Crippen molar-refractivity contribution in [2.45, 2.75) is 57.9 Å². The van der Waals surface area contributed by atoms with E-state index in [9.17, 15) is 9.59 Å². The van der Waals surface area contributed by atoms with Gasteiger partial charge in [-0.2, -0.15) is 0 Å². The molecule has 0 radical (unpaired) electrons. The highest BCUT2D eigenvalue weighted by atomic mass is 16.2. The summed E-state index contributed by atoms with van der Waals surface area (Å²) in [4.78, 5) is 27.3. The number of carbonyl (C=O) groups is 2. The number of amides is 1. The van der Waals surface area contributed by atoms with E-state index >= 15 is 0 Å². The van der Waals surface area contributed by atoms with Gasteiger partial charge in [-0.25, -0.2) is 0 Å². The van der Waals surface area contributed by atoms with Gasteiger partial charge in [0.05, 0.1) is 6.04 Å². The summed E-state index contributed by atoms with van der Waals surface area (Å²) >= 11 is 0. The lowest BCUT2D eigenvalue weighted by Crippen LogP contribution is -2.30. The van der Waals surface area contributed by atoms with Gasteiger partial charge in [0.15, 0.2) is 5.78 Å². The number of ketones is 1. The van der Waals surface area contributed by atoms with Crippen LogP contribution in [0.3, 0.4) is 0 Å². The van der Waals surface area contributed by atoms with Gasteiger partial charge in [-0.15, -0.1) is 0 Å². The molecule has 27 heavy (non-hydrogen) atoms. The summed E-state index contributed by atoms with van der Waals surface area (Å²) in [6.07, 6.45) is 6.02. The summed E-state index contributed by atoms with van der Waals surface area (Å²) in [6, 6.07) is 14.7. The number of carbonyl (C=O) groups excluding carboxylic acids is 2. The van der Waals surface area contributed by atoms with Gasteiger partial charge in [-0.05, 0) is 61.8 Å². The number of hydrogen-bond donors (Lipinski definition) is 0. The van der Waals surface area contributed by atoms with Crippen LogP contribution in [0.4, 0.5) is 0 Å². The third-order valence-corrected chi connectivity index (χ3v) is 6.02. The van der Waals surface area contributed by atoms with E-state index in [2.05, 4.69) is 37.3 Å². The average Bonchev–Trinajstić information content (AvgIpc) is 3.35. The molecule has 1 aliphatic heterocycles. The predicted octanol–water partition coefficient (Wildman–Crippen LogP) is 4.81. The first-order valence-corrected chi connectivity index (χ1v) is 10.1. The monoisotopic (exact) mass is 361 g/mol. The third kappa shape index (κ3) is 3.83. The van der Waals surface area contributed by atoms with Gasteiger partial charge in [-0.3, -0.25) is 9.59 Å². The molecule has 0 N–H and O–H groups in total. The van der Waals surface area contributed by atoms with E-state index in [1.165, 1.54) is 28.7 Å². The van der Waals surface area contributed by atoms with Crippen LogP contribution in [-0.2, 0) is 17.6 Å². The molecular formula is C24H27NO2. The molecule has 1 heterocycles. The van der Waals surface area contributed by atoms with Crippen LogP contribution in [0.2, 0.25) is 0 Å². The molecule has 140 valence electrons. The van der Waals surface area contributed by atoms with Crippen molar-refractivity contribution in [3.05, 3.63) is 70.3 Å². The molecule has 2 aromatic rings. The topological polar surface area (TPSA) is 37.4 Å². The zero-order chi connectivity index (χ0) is 18.8. The van der Waals surface area contributed by atoms with Gasteiger partial charge in [0.2, 0.25) is 5.91 Å². The van der Waals surface area contributed by atoms with Crippen LogP contribution in [0.15, 0.2) is 42.5 Å². The molecule has 0 aromatic heterocycles. The summed E-state index contributed by atoms with van der Waals surface area (Å²) in [6.45, 7) is 2.87. The molecule has 1 atom stereocenters. The summed E-state index contributed by atoms with van der Waals surface area (Å²) < 4.78 is 0. The number of likely N-dealkylation sites (tertiary alicyclic amines) is 1. The Kier molecular flexibility index (Phi) is 5.11. The molecule has 0 bridgehead atoms. The fourth-order valence-electron chi connectivity index (χ4n) is 4.45. The van der Waals surface area contributed by atoms with Crippen molar-refractivity contribution >= 4 is 11.7 Å². The normalized spacial score (nSPS) is 18.6. The minimum atomic E-state index is 0.0872. The molecule has 1 fully saturated rings. The second-order valence-electron chi connectivity index (χ2n) is 7.92. The number of fused-ring (bicyclic) bond motifs is 1. The lowest BCUT2D eigenvalue weighted by molar-refractivity contribution is -0.132. The Bertz CT molecular complexity index is 853. The molecular weight excluding hydrogens is 334 g/mol. The van der Waals surface area contributed by atoms with Gasteiger partial charge in [-0.1, -0.05) is 42.0 Å². The van der Waals surface area contributed by atoms with Crippen molar-refractivity contribution in [2.75, 3.05) is 6.54 Å². The van der Waals surface area contributed by atoms with E-state index in [1.54, 1.807) is 0 Å². The Morgan fingerprint density at radius 2 is 1.74 bits per heavy atom. The Morgan fingerprint density at radius 3 is 2.56 bits per heavy atom. The van der Waals surface area contributed by atoms with Crippen LogP contribution in [0, 0.1) is 6.92 Å². The number of Topliss-reactive ketones (excluding diaryl/α,β-unsaturated/α-hetero) is 1. The quantitative estimate of drug-likeness (QED) is 0.717. The number of nitrogens with zero attached hydrogens (tertiary/aromatic N) is 1. The van der Waals surface area contributed by atoms with Crippen molar-refractivity contribution in [3.63, 3.8) is 0 Å². The van der Waals surface area contributed by atoms with Crippen molar-refractivity contribution < 1.29 is 9.59 Å². The molecule has 2 aliphatic rings. The van der Waals surface area contributed by atoms with Gasteiger partial charge in [0.25, 0.3) is 0 Å². The van der Waals surface area contributed by atoms with E-state index in [0.717, 1.165) is 37.8 Å². The molecule has 0 saturated carbocycles. The van der Waals surface area contributed by atoms with E-state index in [-0.39, 0.29) is 17.7 Å². The smallest absolute Gasteiger partial charge is 0.223 e. The number of benzene rings is 2. The van der Waals surface area contributed by atoms with Gasteiger partial charge in [0.1, 0.15) is 0 Å². The molecule has 0 spiro atoms. The second kappa shape index (κ2) is 7.67. The lowest BCUT2D eigenvalue weighted by atomic mass is 10.0. The minimum absolute atomic E-state index is 0.0872. The van der Waals surface area contributed by atoms with Crippen LogP contribution in [0.5, 0.6) is 0 Å². The van der Waals surface area contributed by atoms with Crippen LogP contribution < -0.4 is 0 Å². The standard InChI is InChI=1S/C24H27NO2/c1-17-7-9-19(10-8-17)22-6-3-15-25(22)24(27)14-13-23(26)21-12-11-18-4-2-5-20(18)16-21/h7-12,16,22H,2-6,13-15H2,1H3. The summed E-state index contributed by atoms with van der Waals surface area (Å²) in [5.74, 6) is 0.191. The Labute approximate surface area is 161 Å². The van der Waals surface area contributed by atoms with E-state index < -0.39 is 0 Å². The number of hydrogen-bond acceptors (Lipinski definition) is 2. The first-order valence-electron chi connectivity index (χ1n) is 10.1. The van der Waals surface area contributed by atoms with E-state index in [1.807, 2.05) is 17.0 Å². The maximum absolute atomic E-state index is 12.8. The van der Waals surface area contributed by atoms with E-state index in [4.69, 9.17) is 0 Å². The van der Waals surface area contributed by atoms with Gasteiger partial charge < -0.3 is 4.90 Å². The zero-order valence-corrected chi connectivity index (χ0v) is 16.0. The maximum atomic E-state index is 12.8. The first-order chi connectivity index (χ1) is 13.1. The first kappa shape index (κ1) is 18.0. The lowest BCUT2D eigenvalue weighted by Gasteiger charge is -2.25. The highest BCUT2D eigenvalue weighted by Gasteiger charge is 2.29. The van der Waals surface area contributed by atoms with Crippen LogP contribution >= 0.6 is 0 Å². The predicted molar refractivity (Wildman–Crippen MR) is 107 cm³/mol. The van der Waals surface area contributed by atoms with Crippen LogP contribution in [0.25, 0.3) is 0 Å². The SMILES string of the molecule is Cc1ccc(C2CCCN2C(=O)CCC(=O)c2ccc3c(c2)CCC3)cc1.